The molecule has 3 rings (SSSR count). The maximum Gasteiger partial charge on any atom is 0.223 e. The van der Waals surface area contributed by atoms with Gasteiger partial charge in [-0.05, 0) is 37.4 Å². The zero-order valence-corrected chi connectivity index (χ0v) is 16.0. The predicted octanol–water partition coefficient (Wildman–Crippen LogP) is 1.95. The number of rotatable bonds is 7. The molecule has 5 heteroatoms. The van der Waals surface area contributed by atoms with Crippen molar-refractivity contribution in [3.8, 4) is 0 Å². The molecule has 1 N–H and O–H groups in total. The molecular weight excluding hydrogens is 326 g/mol. The zero-order chi connectivity index (χ0) is 18.2. The summed E-state index contributed by atoms with van der Waals surface area (Å²) in [5.41, 5.74) is 1.40. The predicted molar refractivity (Wildman–Crippen MR) is 104 cm³/mol. The van der Waals surface area contributed by atoms with E-state index < -0.39 is 0 Å². The van der Waals surface area contributed by atoms with Gasteiger partial charge in [0.2, 0.25) is 5.91 Å². The second-order valence-corrected chi connectivity index (χ2v) is 7.63. The smallest absolute Gasteiger partial charge is 0.223 e. The van der Waals surface area contributed by atoms with E-state index in [0.29, 0.717) is 5.92 Å². The van der Waals surface area contributed by atoms with Crippen molar-refractivity contribution in [1.29, 1.82) is 0 Å². The number of nitrogens with one attached hydrogen (secondary N) is 1. The van der Waals surface area contributed by atoms with Gasteiger partial charge >= 0.3 is 0 Å². The minimum absolute atomic E-state index is 0.183. The summed E-state index contributed by atoms with van der Waals surface area (Å²) in [6.45, 7) is 10.7. The number of carbonyl (C=O) groups excluding carboxylic acids is 1. The van der Waals surface area contributed by atoms with Gasteiger partial charge in [0, 0.05) is 38.6 Å². The molecule has 1 amide bonds. The number of nitrogens with zero attached hydrogens (tertiary/aromatic N) is 2. The molecule has 0 aromatic heterocycles. The van der Waals surface area contributed by atoms with E-state index in [0.717, 1.165) is 71.9 Å². The third-order valence-corrected chi connectivity index (χ3v) is 5.69. The Balaban J connectivity index is 1.33. The summed E-state index contributed by atoms with van der Waals surface area (Å²) in [5, 5.41) is 3.14. The van der Waals surface area contributed by atoms with Crippen LogP contribution >= 0.6 is 0 Å². The number of hydrogen-bond donors (Lipinski definition) is 1. The standard InChI is InChI=1S/C21H33N3O2/c1-18(19-5-3-2-4-6-19)17-24-10-7-20(8-11-24)21(25)22-9-12-23-13-15-26-16-14-23/h2-6,18,20H,7-17H2,1H3,(H,22,25). The average Bonchev–Trinajstić information content (AvgIpc) is 2.70. The number of carbonyl (C=O) groups is 1. The van der Waals surface area contributed by atoms with Crippen LogP contribution in [0.4, 0.5) is 0 Å². The monoisotopic (exact) mass is 359 g/mol. The lowest BCUT2D eigenvalue weighted by molar-refractivity contribution is -0.126. The Kier molecular flexibility index (Phi) is 7.47. The van der Waals surface area contributed by atoms with E-state index in [1.54, 1.807) is 0 Å². The zero-order valence-electron chi connectivity index (χ0n) is 16.0. The molecule has 0 radical (unpaired) electrons. The summed E-state index contributed by atoms with van der Waals surface area (Å²) in [4.78, 5) is 17.3. The van der Waals surface area contributed by atoms with Crippen molar-refractivity contribution in [3.63, 3.8) is 0 Å². The number of morpholine rings is 1. The Morgan fingerprint density at radius 2 is 1.81 bits per heavy atom. The van der Waals surface area contributed by atoms with Gasteiger partial charge in [0.05, 0.1) is 13.2 Å². The normalized spacial score (nSPS) is 21.4. The molecule has 0 spiro atoms. The van der Waals surface area contributed by atoms with Crippen LogP contribution in [0.25, 0.3) is 0 Å². The van der Waals surface area contributed by atoms with Crippen LogP contribution in [0, 0.1) is 5.92 Å². The Morgan fingerprint density at radius 1 is 1.12 bits per heavy atom. The van der Waals surface area contributed by atoms with Crippen molar-refractivity contribution < 1.29 is 9.53 Å². The van der Waals surface area contributed by atoms with Crippen LogP contribution < -0.4 is 5.32 Å². The molecule has 1 atom stereocenters. The Hall–Kier alpha value is -1.43. The summed E-state index contributed by atoms with van der Waals surface area (Å²) < 4.78 is 5.35. The van der Waals surface area contributed by atoms with Crippen molar-refractivity contribution in [2.75, 3.05) is 59.0 Å². The van der Waals surface area contributed by atoms with E-state index in [2.05, 4.69) is 52.4 Å². The van der Waals surface area contributed by atoms with E-state index >= 15 is 0 Å². The highest BCUT2D eigenvalue weighted by molar-refractivity contribution is 5.78. The van der Waals surface area contributed by atoms with Gasteiger partial charge in [-0.1, -0.05) is 37.3 Å². The van der Waals surface area contributed by atoms with Crippen LogP contribution in [0.15, 0.2) is 30.3 Å². The van der Waals surface area contributed by atoms with Gasteiger partial charge in [0.15, 0.2) is 0 Å². The third-order valence-electron chi connectivity index (χ3n) is 5.69. The molecule has 2 saturated heterocycles. The highest BCUT2D eigenvalue weighted by Gasteiger charge is 2.25. The van der Waals surface area contributed by atoms with Crippen LogP contribution in [0.5, 0.6) is 0 Å². The van der Waals surface area contributed by atoms with E-state index in [-0.39, 0.29) is 11.8 Å². The molecule has 2 fully saturated rings. The van der Waals surface area contributed by atoms with E-state index in [9.17, 15) is 4.79 Å². The molecule has 2 aliphatic rings. The first-order valence-electron chi connectivity index (χ1n) is 10.1. The number of piperidine rings is 1. The van der Waals surface area contributed by atoms with Crippen LogP contribution in [0.3, 0.4) is 0 Å². The molecule has 2 heterocycles. The SMILES string of the molecule is CC(CN1CCC(C(=O)NCCN2CCOCC2)CC1)c1ccccc1. The van der Waals surface area contributed by atoms with E-state index in [1.165, 1.54) is 5.56 Å². The number of likely N-dealkylation sites (tertiary alicyclic amines) is 1. The summed E-state index contributed by atoms with van der Waals surface area (Å²) >= 11 is 0. The molecule has 2 aliphatic heterocycles. The number of hydrogen-bond acceptors (Lipinski definition) is 4. The second kappa shape index (κ2) is 10.0. The van der Waals surface area contributed by atoms with Gasteiger partial charge < -0.3 is 15.0 Å². The van der Waals surface area contributed by atoms with Crippen LogP contribution in [-0.2, 0) is 9.53 Å². The molecule has 0 bridgehead atoms. The molecular formula is C21H33N3O2. The Morgan fingerprint density at radius 3 is 2.50 bits per heavy atom. The first-order chi connectivity index (χ1) is 12.7. The van der Waals surface area contributed by atoms with Crippen molar-refractivity contribution in [2.24, 2.45) is 5.92 Å². The first kappa shape index (κ1) is 19.3. The minimum Gasteiger partial charge on any atom is -0.379 e. The molecule has 144 valence electrons. The molecule has 0 saturated carbocycles. The lowest BCUT2D eigenvalue weighted by atomic mass is 9.94. The molecule has 5 nitrogen and oxygen atoms in total. The summed E-state index contributed by atoms with van der Waals surface area (Å²) in [7, 11) is 0. The lowest BCUT2D eigenvalue weighted by Crippen LogP contribution is -2.44. The number of amides is 1. The average molecular weight is 360 g/mol. The molecule has 1 aromatic carbocycles. The van der Waals surface area contributed by atoms with Gasteiger partial charge in [-0.15, -0.1) is 0 Å². The van der Waals surface area contributed by atoms with Gasteiger partial charge in [0.1, 0.15) is 0 Å². The largest absolute Gasteiger partial charge is 0.379 e. The quantitative estimate of drug-likeness (QED) is 0.808. The van der Waals surface area contributed by atoms with Crippen LogP contribution in [-0.4, -0.2) is 74.7 Å². The summed E-state index contributed by atoms with van der Waals surface area (Å²) in [5.74, 6) is 0.965. The summed E-state index contributed by atoms with van der Waals surface area (Å²) in [6.07, 6.45) is 1.95. The van der Waals surface area contributed by atoms with E-state index in [1.807, 2.05) is 0 Å². The highest BCUT2D eigenvalue weighted by atomic mass is 16.5. The van der Waals surface area contributed by atoms with Gasteiger partial charge in [-0.3, -0.25) is 9.69 Å². The van der Waals surface area contributed by atoms with Crippen molar-refractivity contribution in [2.45, 2.75) is 25.7 Å². The van der Waals surface area contributed by atoms with Gasteiger partial charge in [-0.25, -0.2) is 0 Å². The topological polar surface area (TPSA) is 44.8 Å². The molecule has 1 aromatic rings. The Bertz CT molecular complexity index is 537. The van der Waals surface area contributed by atoms with Gasteiger partial charge in [-0.2, -0.15) is 0 Å². The summed E-state index contributed by atoms with van der Waals surface area (Å²) in [6, 6.07) is 10.7. The van der Waals surface area contributed by atoms with Crippen molar-refractivity contribution in [1.82, 2.24) is 15.1 Å². The maximum atomic E-state index is 12.4. The molecule has 26 heavy (non-hydrogen) atoms. The van der Waals surface area contributed by atoms with E-state index in [4.69, 9.17) is 4.74 Å². The maximum absolute atomic E-state index is 12.4. The Labute approximate surface area is 157 Å². The molecule has 1 unspecified atom stereocenters. The third kappa shape index (κ3) is 5.79. The number of ether oxygens (including phenoxy) is 1. The fourth-order valence-electron chi connectivity index (χ4n) is 3.96. The van der Waals surface area contributed by atoms with Crippen LogP contribution in [0.2, 0.25) is 0 Å². The first-order valence-corrected chi connectivity index (χ1v) is 10.1. The molecule has 0 aliphatic carbocycles. The van der Waals surface area contributed by atoms with Crippen molar-refractivity contribution in [3.05, 3.63) is 35.9 Å². The van der Waals surface area contributed by atoms with Crippen molar-refractivity contribution >= 4 is 5.91 Å². The minimum atomic E-state index is 0.183. The fourth-order valence-corrected chi connectivity index (χ4v) is 3.96. The van der Waals surface area contributed by atoms with Gasteiger partial charge in [0.25, 0.3) is 0 Å². The second-order valence-electron chi connectivity index (χ2n) is 7.63. The fraction of sp³-hybridized carbons (Fsp3) is 0.667. The number of benzene rings is 1. The van der Waals surface area contributed by atoms with Crippen LogP contribution in [0.1, 0.15) is 31.2 Å². The highest BCUT2D eigenvalue weighted by Crippen LogP contribution is 2.21. The lowest BCUT2D eigenvalue weighted by Gasteiger charge is -2.33.